The van der Waals surface area contributed by atoms with Gasteiger partial charge in [0.1, 0.15) is 0 Å². The third-order valence-electron chi connectivity index (χ3n) is 6.75. The summed E-state index contributed by atoms with van der Waals surface area (Å²) in [5.74, 6) is -0.822. The van der Waals surface area contributed by atoms with E-state index in [1.807, 2.05) is 19.1 Å². The molecule has 1 unspecified atom stereocenters. The SMILES string of the molecule is Cc1ccc(CCC2CN(S(=O)(=O)C(F)(F)F)Cc3c(cccc3C(F)(F)F)N2Cc2cc(N)c(F)cn2)cc1. The normalized spacial score (nSPS) is 17.0. The number of aromatic nitrogens is 1. The lowest BCUT2D eigenvalue weighted by atomic mass is 10.0. The summed E-state index contributed by atoms with van der Waals surface area (Å²) in [6, 6.07) is 10.5. The Balaban J connectivity index is 1.87. The molecule has 2 N–H and O–H groups in total. The van der Waals surface area contributed by atoms with E-state index in [0.717, 1.165) is 23.4 Å². The summed E-state index contributed by atoms with van der Waals surface area (Å²) < 4.78 is 122. The molecule has 0 saturated heterocycles. The number of sulfonamides is 1. The van der Waals surface area contributed by atoms with Gasteiger partial charge >= 0.3 is 21.7 Å². The van der Waals surface area contributed by atoms with Gasteiger partial charge in [-0.05, 0) is 43.5 Å². The molecule has 1 atom stereocenters. The van der Waals surface area contributed by atoms with Gasteiger partial charge in [0.05, 0.1) is 29.7 Å². The van der Waals surface area contributed by atoms with Gasteiger partial charge < -0.3 is 10.6 Å². The number of pyridine rings is 1. The number of hydrogen-bond donors (Lipinski definition) is 1. The zero-order chi connectivity index (χ0) is 29.5. The number of benzene rings is 2. The van der Waals surface area contributed by atoms with Crippen molar-refractivity contribution in [3.8, 4) is 0 Å². The number of nitrogens with two attached hydrogens (primary N) is 1. The second kappa shape index (κ2) is 10.9. The largest absolute Gasteiger partial charge is 0.511 e. The number of rotatable bonds is 6. The van der Waals surface area contributed by atoms with E-state index in [-0.39, 0.29) is 40.8 Å². The fraction of sp³-hybridized carbons (Fsp3) is 0.346. The molecule has 40 heavy (non-hydrogen) atoms. The third-order valence-corrected chi connectivity index (χ3v) is 8.29. The molecule has 216 valence electrons. The van der Waals surface area contributed by atoms with Crippen LogP contribution in [0.3, 0.4) is 0 Å². The Bertz CT molecular complexity index is 1480. The topological polar surface area (TPSA) is 79.5 Å². The van der Waals surface area contributed by atoms with Crippen molar-refractivity contribution in [2.45, 2.75) is 50.6 Å². The van der Waals surface area contributed by atoms with Crippen LogP contribution >= 0.6 is 0 Å². The molecule has 3 aromatic rings. The Labute approximate surface area is 226 Å². The predicted octanol–water partition coefficient (Wildman–Crippen LogP) is 5.80. The van der Waals surface area contributed by atoms with Crippen molar-refractivity contribution < 1.29 is 39.2 Å². The molecule has 4 rings (SSSR count). The van der Waals surface area contributed by atoms with E-state index in [9.17, 15) is 39.2 Å². The van der Waals surface area contributed by atoms with E-state index in [4.69, 9.17) is 5.73 Å². The van der Waals surface area contributed by atoms with Gasteiger partial charge in [0.15, 0.2) is 5.82 Å². The fourth-order valence-corrected chi connectivity index (χ4v) is 5.65. The lowest BCUT2D eigenvalue weighted by Gasteiger charge is -2.34. The second-order valence-corrected chi connectivity index (χ2v) is 11.5. The molecule has 0 amide bonds. The molecular formula is C26H25F7N4O2S. The summed E-state index contributed by atoms with van der Waals surface area (Å²) in [4.78, 5) is 5.34. The maximum absolute atomic E-state index is 14.0. The van der Waals surface area contributed by atoms with E-state index in [1.54, 1.807) is 12.1 Å². The van der Waals surface area contributed by atoms with Gasteiger partial charge in [0.25, 0.3) is 0 Å². The van der Waals surface area contributed by atoms with Crippen molar-refractivity contribution in [2.24, 2.45) is 0 Å². The van der Waals surface area contributed by atoms with Crippen molar-refractivity contribution in [1.82, 2.24) is 9.29 Å². The van der Waals surface area contributed by atoms with E-state index in [2.05, 4.69) is 4.98 Å². The minimum Gasteiger partial charge on any atom is -0.396 e. The van der Waals surface area contributed by atoms with Gasteiger partial charge in [0.2, 0.25) is 0 Å². The maximum atomic E-state index is 14.0. The van der Waals surface area contributed by atoms with E-state index >= 15 is 0 Å². The highest BCUT2D eigenvalue weighted by atomic mass is 32.2. The Hall–Kier alpha value is -3.39. The van der Waals surface area contributed by atoms with Crippen molar-refractivity contribution in [3.63, 3.8) is 0 Å². The van der Waals surface area contributed by atoms with E-state index < -0.39 is 57.8 Å². The first-order valence-electron chi connectivity index (χ1n) is 12.1. The molecule has 14 heteroatoms. The lowest BCUT2D eigenvalue weighted by Crippen LogP contribution is -2.47. The minimum atomic E-state index is -6.00. The molecule has 0 aliphatic carbocycles. The van der Waals surface area contributed by atoms with Crippen LogP contribution in [-0.4, -0.2) is 35.8 Å². The highest BCUT2D eigenvalue weighted by Gasteiger charge is 2.52. The number of aryl methyl sites for hydroxylation is 2. The first-order chi connectivity index (χ1) is 18.6. The van der Waals surface area contributed by atoms with Gasteiger partial charge in [-0.15, -0.1) is 0 Å². The summed E-state index contributed by atoms with van der Waals surface area (Å²) in [6.45, 7) is -0.301. The zero-order valence-corrected chi connectivity index (χ0v) is 21.9. The summed E-state index contributed by atoms with van der Waals surface area (Å²) in [6.07, 6.45) is -3.78. The van der Waals surface area contributed by atoms with Gasteiger partial charge in [-0.25, -0.2) is 12.8 Å². The van der Waals surface area contributed by atoms with Crippen molar-refractivity contribution >= 4 is 21.4 Å². The molecule has 0 spiro atoms. The number of anilines is 2. The number of nitrogens with zero attached hydrogens (tertiary/aromatic N) is 3. The number of nitrogen functional groups attached to an aromatic ring is 1. The van der Waals surface area contributed by atoms with Crippen molar-refractivity contribution in [2.75, 3.05) is 17.2 Å². The smallest absolute Gasteiger partial charge is 0.396 e. The van der Waals surface area contributed by atoms with Crippen LogP contribution in [0.15, 0.2) is 54.7 Å². The van der Waals surface area contributed by atoms with Crippen LogP contribution in [0.4, 0.5) is 42.1 Å². The molecule has 0 bridgehead atoms. The van der Waals surface area contributed by atoms with Gasteiger partial charge in [-0.3, -0.25) is 4.98 Å². The fourth-order valence-electron chi connectivity index (χ4n) is 4.69. The molecule has 1 aliphatic rings. The number of fused-ring (bicyclic) bond motifs is 1. The van der Waals surface area contributed by atoms with E-state index in [0.29, 0.717) is 6.07 Å². The van der Waals surface area contributed by atoms with Crippen LogP contribution in [0.2, 0.25) is 0 Å². The van der Waals surface area contributed by atoms with Crippen molar-refractivity contribution in [3.05, 3.63) is 88.5 Å². The monoisotopic (exact) mass is 590 g/mol. The number of hydrogen-bond acceptors (Lipinski definition) is 5. The summed E-state index contributed by atoms with van der Waals surface area (Å²) >= 11 is 0. The summed E-state index contributed by atoms with van der Waals surface area (Å²) in [7, 11) is -6.00. The summed E-state index contributed by atoms with van der Waals surface area (Å²) in [5.41, 5.74) is -0.454. The predicted molar refractivity (Wildman–Crippen MR) is 135 cm³/mol. The standard InChI is InChI=1S/C26H25F7N4O2S/c1-16-5-7-17(8-6-16)9-10-19-14-36(40(38,39)26(31,32)33)15-20-21(25(28,29)30)3-2-4-24(20)37(19)13-18-11-23(34)22(27)12-35-18/h2-8,11-12,19H,9-10,13-15H2,1H3,(H2,34,35). The average Bonchev–Trinajstić information content (AvgIpc) is 3.02. The Morgan fingerprint density at radius 2 is 1.73 bits per heavy atom. The molecule has 2 aromatic carbocycles. The molecule has 0 fully saturated rings. The van der Waals surface area contributed by atoms with Gasteiger partial charge in [0, 0.05) is 30.4 Å². The van der Waals surface area contributed by atoms with Crippen LogP contribution in [0.5, 0.6) is 0 Å². The third kappa shape index (κ3) is 6.17. The van der Waals surface area contributed by atoms with Crippen LogP contribution in [-0.2, 0) is 35.7 Å². The van der Waals surface area contributed by atoms with Crippen LogP contribution in [0, 0.1) is 12.7 Å². The highest BCUT2D eigenvalue weighted by Crippen LogP contribution is 2.42. The maximum Gasteiger partial charge on any atom is 0.511 e. The zero-order valence-electron chi connectivity index (χ0n) is 21.1. The van der Waals surface area contributed by atoms with Gasteiger partial charge in [-0.1, -0.05) is 35.9 Å². The Kier molecular flexibility index (Phi) is 8.05. The molecule has 6 nitrogen and oxygen atoms in total. The molecular weight excluding hydrogens is 565 g/mol. The van der Waals surface area contributed by atoms with Crippen molar-refractivity contribution in [1.29, 1.82) is 0 Å². The molecule has 2 heterocycles. The number of alkyl halides is 6. The molecule has 1 aromatic heterocycles. The molecule has 0 radical (unpaired) electrons. The average molecular weight is 591 g/mol. The van der Waals surface area contributed by atoms with Gasteiger partial charge in [-0.2, -0.15) is 30.6 Å². The quantitative estimate of drug-likeness (QED) is 0.367. The summed E-state index contributed by atoms with van der Waals surface area (Å²) in [5, 5.41) is 0. The highest BCUT2D eigenvalue weighted by molar-refractivity contribution is 7.89. The Morgan fingerprint density at radius 3 is 2.33 bits per heavy atom. The Morgan fingerprint density at radius 1 is 1.05 bits per heavy atom. The lowest BCUT2D eigenvalue weighted by molar-refractivity contribution is -0.138. The first kappa shape index (κ1) is 29.6. The van der Waals surface area contributed by atoms with E-state index in [1.165, 1.54) is 17.0 Å². The molecule has 0 saturated carbocycles. The van der Waals surface area contributed by atoms with Crippen LogP contribution in [0.1, 0.15) is 34.4 Å². The molecule has 1 aliphatic heterocycles. The number of halogens is 7. The minimum absolute atomic E-state index is 0.0489. The van der Waals surface area contributed by atoms with Crippen LogP contribution in [0.25, 0.3) is 0 Å². The first-order valence-corrected chi connectivity index (χ1v) is 13.5. The second-order valence-electron chi connectivity index (χ2n) is 9.55. The van der Waals surface area contributed by atoms with Crippen LogP contribution < -0.4 is 10.6 Å².